The number of β-amino-alcohol motifs (C(OH)–C–C–N with tert-alkyl or cyclic N) is 2. The number of hydrogen-bond acceptors (Lipinski definition) is 5. The summed E-state index contributed by atoms with van der Waals surface area (Å²) in [6.07, 6.45) is -2.32. The van der Waals surface area contributed by atoms with Gasteiger partial charge in [0.05, 0.1) is 13.1 Å². The predicted octanol–water partition coefficient (Wildman–Crippen LogP) is 1.43. The molecular weight excluding hydrogens is 350 g/mol. The van der Waals surface area contributed by atoms with Crippen LogP contribution in [-0.2, 0) is 9.53 Å². The van der Waals surface area contributed by atoms with E-state index >= 15 is 0 Å². The topological polar surface area (TPSA) is 107 Å². The summed E-state index contributed by atoms with van der Waals surface area (Å²) in [4.78, 5) is 24.5. The molecule has 2 atom stereocenters. The molecule has 7 nitrogen and oxygen atoms in total. The van der Waals surface area contributed by atoms with Crippen LogP contribution in [0.3, 0.4) is 0 Å². The third-order valence-corrected chi connectivity index (χ3v) is 5.34. The Bertz CT molecular complexity index is 867. The summed E-state index contributed by atoms with van der Waals surface area (Å²) in [6.45, 7) is -0.718. The van der Waals surface area contributed by atoms with E-state index in [1.807, 2.05) is 48.5 Å². The molecule has 2 aromatic carbocycles. The summed E-state index contributed by atoms with van der Waals surface area (Å²) in [5.41, 5.74) is 1.97. The number of hydrogen-bond donors (Lipinski definition) is 3. The number of carboxylic acids is 1. The zero-order chi connectivity index (χ0) is 19.2. The van der Waals surface area contributed by atoms with Crippen LogP contribution in [0.5, 0.6) is 0 Å². The Balaban J connectivity index is 1.50. The van der Waals surface area contributed by atoms with E-state index in [4.69, 9.17) is 9.84 Å². The van der Waals surface area contributed by atoms with E-state index in [1.54, 1.807) is 0 Å². The Labute approximate surface area is 155 Å². The van der Waals surface area contributed by atoms with Crippen LogP contribution in [0.4, 0.5) is 4.79 Å². The van der Waals surface area contributed by atoms with Gasteiger partial charge >= 0.3 is 12.1 Å². The SMILES string of the molecule is O=C(OCC1c2ccccc2-c2ccccc21)N1C[C@H](O)[C@@](O)(C(=O)O)C1. The van der Waals surface area contributed by atoms with E-state index in [1.165, 1.54) is 0 Å². The van der Waals surface area contributed by atoms with Crippen LogP contribution in [0.2, 0.25) is 0 Å². The molecule has 2 aliphatic rings. The maximum Gasteiger partial charge on any atom is 0.409 e. The number of aliphatic hydroxyl groups is 2. The van der Waals surface area contributed by atoms with Crippen LogP contribution in [0, 0.1) is 0 Å². The van der Waals surface area contributed by atoms with Crippen molar-refractivity contribution in [1.29, 1.82) is 0 Å². The molecule has 1 amide bonds. The molecular formula is C20H19NO6. The second kappa shape index (κ2) is 6.37. The molecule has 0 aromatic heterocycles. The fourth-order valence-electron chi connectivity index (χ4n) is 3.86. The molecule has 7 heteroatoms. The summed E-state index contributed by atoms with van der Waals surface area (Å²) in [5, 5.41) is 28.9. The Kier molecular flexibility index (Phi) is 4.13. The smallest absolute Gasteiger partial charge is 0.409 e. The lowest BCUT2D eigenvalue weighted by Crippen LogP contribution is -2.49. The molecule has 1 aliphatic carbocycles. The number of benzene rings is 2. The van der Waals surface area contributed by atoms with E-state index < -0.39 is 30.3 Å². The number of likely N-dealkylation sites (tertiary alicyclic amines) is 1. The monoisotopic (exact) mass is 369 g/mol. The molecule has 0 saturated carbocycles. The van der Waals surface area contributed by atoms with E-state index in [9.17, 15) is 19.8 Å². The van der Waals surface area contributed by atoms with E-state index in [-0.39, 0.29) is 19.1 Å². The maximum atomic E-state index is 12.4. The second-order valence-electron chi connectivity index (χ2n) is 6.93. The van der Waals surface area contributed by atoms with Crippen molar-refractivity contribution in [1.82, 2.24) is 4.90 Å². The average Bonchev–Trinajstić information content (AvgIpc) is 3.16. The van der Waals surface area contributed by atoms with Crippen LogP contribution in [0.1, 0.15) is 17.0 Å². The van der Waals surface area contributed by atoms with Crippen molar-refractivity contribution in [2.45, 2.75) is 17.6 Å². The standard InChI is InChI=1S/C20H19NO6/c22-17-9-21(11-20(17,26)18(23)24)19(25)27-10-16-14-7-3-1-5-12(14)13-6-2-4-8-15(13)16/h1-8,16-17,22,26H,9-11H2,(H,23,24)/t17-,20+/m0/s1. The molecule has 2 aromatic rings. The summed E-state index contributed by atoms with van der Waals surface area (Å²) in [6, 6.07) is 15.8. The number of carboxylic acid groups (broad SMARTS) is 1. The molecule has 1 fully saturated rings. The number of aliphatic hydroxyl groups excluding tert-OH is 1. The van der Waals surface area contributed by atoms with Gasteiger partial charge in [0.15, 0.2) is 0 Å². The number of fused-ring (bicyclic) bond motifs is 3. The highest BCUT2D eigenvalue weighted by atomic mass is 16.6. The lowest BCUT2D eigenvalue weighted by Gasteiger charge is -2.21. The Hall–Kier alpha value is -2.90. The third-order valence-electron chi connectivity index (χ3n) is 5.34. The Morgan fingerprint density at radius 1 is 1.07 bits per heavy atom. The number of nitrogens with zero attached hydrogens (tertiary/aromatic N) is 1. The first-order valence-electron chi connectivity index (χ1n) is 8.65. The lowest BCUT2D eigenvalue weighted by molar-refractivity contribution is -0.165. The number of amides is 1. The summed E-state index contributed by atoms with van der Waals surface area (Å²) < 4.78 is 5.42. The first kappa shape index (κ1) is 17.5. The van der Waals surface area contributed by atoms with E-state index in [0.29, 0.717) is 0 Å². The van der Waals surface area contributed by atoms with Crippen molar-refractivity contribution in [2.75, 3.05) is 19.7 Å². The maximum absolute atomic E-state index is 12.4. The van der Waals surface area contributed by atoms with Crippen molar-refractivity contribution >= 4 is 12.1 Å². The minimum Gasteiger partial charge on any atom is -0.479 e. The first-order chi connectivity index (χ1) is 12.9. The summed E-state index contributed by atoms with van der Waals surface area (Å²) >= 11 is 0. The zero-order valence-corrected chi connectivity index (χ0v) is 14.4. The zero-order valence-electron chi connectivity index (χ0n) is 14.4. The molecule has 0 spiro atoms. The van der Waals surface area contributed by atoms with Gasteiger partial charge in [-0.2, -0.15) is 0 Å². The van der Waals surface area contributed by atoms with Gasteiger partial charge in [0.25, 0.3) is 0 Å². The van der Waals surface area contributed by atoms with Crippen molar-refractivity contribution in [3.8, 4) is 11.1 Å². The summed E-state index contributed by atoms with van der Waals surface area (Å²) in [5.74, 6) is -1.68. The van der Waals surface area contributed by atoms with Gasteiger partial charge in [0, 0.05) is 5.92 Å². The van der Waals surface area contributed by atoms with Gasteiger partial charge in [-0.15, -0.1) is 0 Å². The van der Waals surface area contributed by atoms with Crippen molar-refractivity contribution in [3.63, 3.8) is 0 Å². The van der Waals surface area contributed by atoms with Crippen LogP contribution >= 0.6 is 0 Å². The van der Waals surface area contributed by atoms with Crippen LogP contribution in [0.25, 0.3) is 11.1 Å². The highest BCUT2D eigenvalue weighted by molar-refractivity contribution is 5.81. The van der Waals surface area contributed by atoms with Gasteiger partial charge in [0.2, 0.25) is 5.60 Å². The van der Waals surface area contributed by atoms with Crippen molar-refractivity contribution in [2.24, 2.45) is 0 Å². The highest BCUT2D eigenvalue weighted by Gasteiger charge is 2.52. The Morgan fingerprint density at radius 2 is 1.63 bits per heavy atom. The quantitative estimate of drug-likeness (QED) is 0.756. The molecule has 1 aliphatic heterocycles. The molecule has 27 heavy (non-hydrogen) atoms. The minimum absolute atomic E-state index is 0.0882. The predicted molar refractivity (Wildman–Crippen MR) is 95.2 cm³/mol. The number of rotatable bonds is 3. The average molecular weight is 369 g/mol. The third kappa shape index (κ3) is 2.75. The van der Waals surface area contributed by atoms with Gasteiger partial charge in [-0.05, 0) is 22.3 Å². The lowest BCUT2D eigenvalue weighted by atomic mass is 9.98. The van der Waals surface area contributed by atoms with Crippen molar-refractivity contribution < 1.29 is 29.6 Å². The fourth-order valence-corrected chi connectivity index (χ4v) is 3.86. The van der Waals surface area contributed by atoms with Gasteiger partial charge < -0.3 is 25.0 Å². The number of aliphatic carboxylic acids is 1. The second-order valence-corrected chi connectivity index (χ2v) is 6.93. The molecule has 3 N–H and O–H groups in total. The Morgan fingerprint density at radius 3 is 2.15 bits per heavy atom. The van der Waals surface area contributed by atoms with Crippen LogP contribution in [-0.4, -0.2) is 63.7 Å². The van der Waals surface area contributed by atoms with Crippen LogP contribution in [0.15, 0.2) is 48.5 Å². The number of ether oxygens (including phenoxy) is 1. The van der Waals surface area contributed by atoms with Gasteiger partial charge in [0.1, 0.15) is 12.7 Å². The van der Waals surface area contributed by atoms with Gasteiger partial charge in [-0.1, -0.05) is 48.5 Å². The molecule has 4 rings (SSSR count). The molecule has 140 valence electrons. The van der Waals surface area contributed by atoms with E-state index in [2.05, 4.69) is 0 Å². The number of carbonyl (C=O) groups is 2. The van der Waals surface area contributed by atoms with Crippen LogP contribution < -0.4 is 0 Å². The number of carbonyl (C=O) groups excluding carboxylic acids is 1. The molecule has 0 radical (unpaired) electrons. The van der Waals surface area contributed by atoms with E-state index in [0.717, 1.165) is 27.2 Å². The first-order valence-corrected chi connectivity index (χ1v) is 8.65. The normalized spacial score (nSPS) is 23.8. The highest BCUT2D eigenvalue weighted by Crippen LogP contribution is 2.44. The molecule has 1 saturated heterocycles. The molecule has 1 heterocycles. The molecule has 0 bridgehead atoms. The fraction of sp³-hybridized carbons (Fsp3) is 0.300. The van der Waals surface area contributed by atoms with Gasteiger partial charge in [-0.3, -0.25) is 0 Å². The van der Waals surface area contributed by atoms with Gasteiger partial charge in [-0.25, -0.2) is 9.59 Å². The van der Waals surface area contributed by atoms with Crippen molar-refractivity contribution in [3.05, 3.63) is 59.7 Å². The summed E-state index contributed by atoms with van der Waals surface area (Å²) in [7, 11) is 0. The minimum atomic E-state index is -2.37. The molecule has 0 unspecified atom stereocenters. The largest absolute Gasteiger partial charge is 0.479 e.